The summed E-state index contributed by atoms with van der Waals surface area (Å²) in [4.78, 5) is 16.7. The molecular weight excluding hydrogens is 400 g/mol. The van der Waals surface area contributed by atoms with E-state index in [2.05, 4.69) is 17.9 Å². The molecule has 0 bridgehead atoms. The Morgan fingerprint density at radius 3 is 2.43 bits per heavy atom. The van der Waals surface area contributed by atoms with Gasteiger partial charge in [-0.3, -0.25) is 4.90 Å². The van der Waals surface area contributed by atoms with Gasteiger partial charge < -0.3 is 14.4 Å². The number of piperidine rings is 1. The maximum absolute atomic E-state index is 12.4. The van der Waals surface area contributed by atoms with Gasteiger partial charge in [0.25, 0.3) is 0 Å². The van der Waals surface area contributed by atoms with Crippen LogP contribution >= 0.6 is 11.6 Å². The molecule has 1 atom stereocenters. The summed E-state index contributed by atoms with van der Waals surface area (Å²) < 4.78 is 11.9. The number of hydrogen-bond donors (Lipinski definition) is 0. The quantitative estimate of drug-likeness (QED) is 0.572. The Bertz CT molecular complexity index is 705. The number of halogens is 1. The Hall–Kier alpha value is -1.46. The maximum atomic E-state index is 12.4. The number of ether oxygens (including phenoxy) is 2. The van der Waals surface area contributed by atoms with Crippen LogP contribution in [0.4, 0.5) is 4.79 Å². The summed E-state index contributed by atoms with van der Waals surface area (Å²) in [6.07, 6.45) is 5.25. The molecule has 0 unspecified atom stereocenters. The van der Waals surface area contributed by atoms with Crippen molar-refractivity contribution >= 4 is 17.7 Å². The van der Waals surface area contributed by atoms with Crippen molar-refractivity contribution in [1.29, 1.82) is 0 Å². The fourth-order valence-electron chi connectivity index (χ4n) is 4.44. The van der Waals surface area contributed by atoms with Gasteiger partial charge >= 0.3 is 6.09 Å². The third kappa shape index (κ3) is 6.27. The zero-order valence-corrected chi connectivity index (χ0v) is 19.7. The minimum atomic E-state index is -0.462. The molecule has 1 aromatic rings. The summed E-state index contributed by atoms with van der Waals surface area (Å²) in [6.45, 7) is 12.4. The lowest BCUT2D eigenvalue weighted by Crippen LogP contribution is -2.41. The second-order valence-corrected chi connectivity index (χ2v) is 9.98. The first-order chi connectivity index (χ1) is 14.3. The lowest BCUT2D eigenvalue weighted by molar-refractivity contribution is 0.0204. The van der Waals surface area contributed by atoms with E-state index in [0.29, 0.717) is 36.7 Å². The lowest BCUT2D eigenvalue weighted by Gasteiger charge is -2.34. The minimum Gasteiger partial charge on any atom is -0.492 e. The second kappa shape index (κ2) is 10.2. The van der Waals surface area contributed by atoms with Crippen LogP contribution in [0.15, 0.2) is 18.2 Å². The highest BCUT2D eigenvalue weighted by molar-refractivity contribution is 6.30. The second-order valence-electron chi connectivity index (χ2n) is 9.54. The smallest absolute Gasteiger partial charge is 0.410 e. The van der Waals surface area contributed by atoms with Gasteiger partial charge in [-0.2, -0.15) is 0 Å². The molecule has 0 radical (unpaired) electrons. The molecule has 0 spiro atoms. The molecule has 2 saturated heterocycles. The van der Waals surface area contributed by atoms with Gasteiger partial charge in [0, 0.05) is 24.2 Å². The van der Waals surface area contributed by atoms with E-state index in [-0.39, 0.29) is 6.09 Å². The van der Waals surface area contributed by atoms with Crippen molar-refractivity contribution in [2.45, 2.75) is 77.4 Å². The van der Waals surface area contributed by atoms with E-state index in [1.54, 1.807) is 0 Å². The summed E-state index contributed by atoms with van der Waals surface area (Å²) in [5, 5.41) is 0.703. The number of likely N-dealkylation sites (tertiary alicyclic amines) is 2. The van der Waals surface area contributed by atoms with E-state index in [1.165, 1.54) is 31.5 Å². The van der Waals surface area contributed by atoms with Crippen LogP contribution in [0.3, 0.4) is 0 Å². The van der Waals surface area contributed by atoms with Crippen LogP contribution in [0.25, 0.3) is 0 Å². The largest absolute Gasteiger partial charge is 0.492 e. The van der Waals surface area contributed by atoms with E-state index >= 15 is 0 Å². The van der Waals surface area contributed by atoms with Crippen LogP contribution in [0.1, 0.15) is 71.3 Å². The third-order valence-electron chi connectivity index (χ3n) is 6.12. The highest BCUT2D eigenvalue weighted by Gasteiger charge is 2.29. The molecule has 6 heteroatoms. The van der Waals surface area contributed by atoms with Crippen molar-refractivity contribution in [3.63, 3.8) is 0 Å². The van der Waals surface area contributed by atoms with Crippen molar-refractivity contribution in [2.75, 3.05) is 32.8 Å². The van der Waals surface area contributed by atoms with Crippen molar-refractivity contribution in [3.8, 4) is 5.75 Å². The molecule has 168 valence electrons. The number of rotatable bonds is 6. The number of hydrogen-bond acceptors (Lipinski definition) is 4. The van der Waals surface area contributed by atoms with E-state index in [0.717, 1.165) is 25.0 Å². The summed E-state index contributed by atoms with van der Waals surface area (Å²) >= 11 is 6.30. The Kier molecular flexibility index (Phi) is 7.92. The predicted octanol–water partition coefficient (Wildman–Crippen LogP) is 5.71. The van der Waals surface area contributed by atoms with Gasteiger partial charge in [-0.15, -0.1) is 0 Å². The average molecular weight is 437 g/mol. The first kappa shape index (κ1) is 23.2. The highest BCUT2D eigenvalue weighted by Crippen LogP contribution is 2.36. The highest BCUT2D eigenvalue weighted by atomic mass is 35.5. The molecule has 2 aliphatic heterocycles. The van der Waals surface area contributed by atoms with E-state index < -0.39 is 5.60 Å². The van der Waals surface area contributed by atoms with Crippen molar-refractivity contribution in [2.24, 2.45) is 0 Å². The summed E-state index contributed by atoms with van der Waals surface area (Å²) in [5.41, 5.74) is 0.746. The molecular formula is C24H37ClN2O3. The summed E-state index contributed by atoms with van der Waals surface area (Å²) in [6, 6.07) is 6.45. The van der Waals surface area contributed by atoms with Crippen LogP contribution in [0, 0.1) is 0 Å². The van der Waals surface area contributed by atoms with Gasteiger partial charge in [0.05, 0.1) is 0 Å². The number of benzene rings is 1. The molecule has 2 heterocycles. The molecule has 0 saturated carbocycles. The van der Waals surface area contributed by atoms with Gasteiger partial charge in [-0.1, -0.05) is 24.6 Å². The zero-order valence-electron chi connectivity index (χ0n) is 19.0. The Labute approximate surface area is 186 Å². The van der Waals surface area contributed by atoms with Gasteiger partial charge in [0.15, 0.2) is 0 Å². The van der Waals surface area contributed by atoms with E-state index in [1.807, 2.05) is 37.8 Å². The Morgan fingerprint density at radius 1 is 1.17 bits per heavy atom. The Balaban J connectivity index is 1.62. The Morgan fingerprint density at radius 2 is 1.83 bits per heavy atom. The number of carbonyl (C=O) groups is 1. The minimum absolute atomic E-state index is 0.218. The van der Waals surface area contributed by atoms with Crippen LogP contribution in [-0.2, 0) is 4.74 Å². The van der Waals surface area contributed by atoms with Crippen molar-refractivity contribution < 1.29 is 14.3 Å². The summed E-state index contributed by atoms with van der Waals surface area (Å²) in [7, 11) is 0. The first-order valence-electron chi connectivity index (χ1n) is 11.4. The topological polar surface area (TPSA) is 42.0 Å². The zero-order chi connectivity index (χ0) is 21.7. The molecule has 2 fully saturated rings. The van der Waals surface area contributed by atoms with Crippen LogP contribution in [0.2, 0.25) is 5.02 Å². The molecule has 1 amide bonds. The number of nitrogens with zero attached hydrogens (tertiary/aromatic N) is 2. The van der Waals surface area contributed by atoms with Gasteiger partial charge in [0.2, 0.25) is 0 Å². The molecule has 0 aromatic heterocycles. The predicted molar refractivity (Wildman–Crippen MR) is 122 cm³/mol. The number of amides is 1. The maximum Gasteiger partial charge on any atom is 0.410 e. The fourth-order valence-corrected chi connectivity index (χ4v) is 4.61. The SMILES string of the molecule is CC[C@H](COc1cc(Cl)ccc1C1CCN(C(=O)OC(C)(C)C)CC1)N1CCCC1. The fraction of sp³-hybridized carbons (Fsp3) is 0.708. The van der Waals surface area contributed by atoms with Crippen LogP contribution < -0.4 is 4.74 Å². The van der Waals surface area contributed by atoms with Crippen molar-refractivity contribution in [3.05, 3.63) is 28.8 Å². The molecule has 5 nitrogen and oxygen atoms in total. The summed E-state index contributed by atoms with van der Waals surface area (Å²) in [5.74, 6) is 1.26. The molecule has 1 aromatic carbocycles. The average Bonchev–Trinajstić information content (AvgIpc) is 3.22. The molecule has 0 N–H and O–H groups in total. The molecule has 2 aliphatic rings. The van der Waals surface area contributed by atoms with E-state index in [9.17, 15) is 4.79 Å². The van der Waals surface area contributed by atoms with Gasteiger partial charge in [-0.25, -0.2) is 4.79 Å². The molecule has 30 heavy (non-hydrogen) atoms. The van der Waals surface area contributed by atoms with Crippen LogP contribution in [-0.4, -0.2) is 60.3 Å². The monoisotopic (exact) mass is 436 g/mol. The number of carbonyl (C=O) groups excluding carboxylic acids is 1. The lowest BCUT2D eigenvalue weighted by atomic mass is 9.89. The van der Waals surface area contributed by atoms with Gasteiger partial charge in [-0.05, 0) is 89.6 Å². The van der Waals surface area contributed by atoms with Crippen LogP contribution in [0.5, 0.6) is 5.75 Å². The molecule has 3 rings (SSSR count). The van der Waals surface area contributed by atoms with Gasteiger partial charge in [0.1, 0.15) is 18.0 Å². The van der Waals surface area contributed by atoms with Crippen molar-refractivity contribution in [1.82, 2.24) is 9.80 Å². The normalized spacial score (nSPS) is 19.7. The molecule has 0 aliphatic carbocycles. The van der Waals surface area contributed by atoms with E-state index in [4.69, 9.17) is 21.1 Å². The first-order valence-corrected chi connectivity index (χ1v) is 11.8. The third-order valence-corrected chi connectivity index (χ3v) is 6.36. The standard InChI is InChI=1S/C24H37ClN2O3/c1-5-20(26-12-6-7-13-26)17-29-22-16-19(25)8-9-21(22)18-10-14-27(15-11-18)23(28)30-24(2,3)4/h8-9,16,18,20H,5-7,10-15,17H2,1-4H3/t20-/m1/s1.